The Morgan fingerprint density at radius 3 is 2.39 bits per heavy atom. The van der Waals surface area contributed by atoms with Crippen molar-refractivity contribution in [2.75, 3.05) is 5.43 Å². The number of nitrogens with zero attached hydrogens (tertiary/aromatic N) is 1. The molecule has 0 atom stereocenters. The van der Waals surface area contributed by atoms with Gasteiger partial charge in [0.05, 0.1) is 11.4 Å². The van der Waals surface area contributed by atoms with E-state index in [-0.39, 0.29) is 0 Å². The van der Waals surface area contributed by atoms with Gasteiger partial charge in [0.2, 0.25) is 0 Å². The van der Waals surface area contributed by atoms with Gasteiger partial charge >= 0.3 is 0 Å². The van der Waals surface area contributed by atoms with Crippen LogP contribution in [-0.2, 0) is 0 Å². The molecule has 0 aliphatic heterocycles. The van der Waals surface area contributed by atoms with E-state index in [1.807, 2.05) is 49.4 Å². The second-order valence-corrected chi connectivity index (χ2v) is 5.05. The molecule has 0 saturated carbocycles. The third-order valence-electron chi connectivity index (χ3n) is 2.75. The second kappa shape index (κ2) is 5.83. The van der Waals surface area contributed by atoms with Crippen LogP contribution in [0.1, 0.15) is 18.1 Å². The summed E-state index contributed by atoms with van der Waals surface area (Å²) in [4.78, 5) is 0. The van der Waals surface area contributed by atoms with Gasteiger partial charge in [-0.15, -0.1) is 0 Å². The van der Waals surface area contributed by atoms with Crippen LogP contribution >= 0.6 is 15.9 Å². The van der Waals surface area contributed by atoms with Crippen molar-refractivity contribution in [2.24, 2.45) is 5.10 Å². The van der Waals surface area contributed by atoms with Gasteiger partial charge in [-0.25, -0.2) is 0 Å². The highest BCUT2D eigenvalue weighted by atomic mass is 79.9. The smallest absolute Gasteiger partial charge is 0.0648 e. The molecule has 0 saturated heterocycles. The van der Waals surface area contributed by atoms with Gasteiger partial charge in [-0.2, -0.15) is 5.10 Å². The molecule has 2 aromatic rings. The monoisotopic (exact) mass is 302 g/mol. The Kier molecular flexibility index (Phi) is 4.15. The summed E-state index contributed by atoms with van der Waals surface area (Å²) in [6.45, 7) is 4.06. The summed E-state index contributed by atoms with van der Waals surface area (Å²) in [6.07, 6.45) is 0. The number of benzene rings is 2. The molecule has 2 aromatic carbocycles. The van der Waals surface area contributed by atoms with Crippen molar-refractivity contribution < 1.29 is 0 Å². The van der Waals surface area contributed by atoms with Crippen molar-refractivity contribution in [3.05, 3.63) is 64.1 Å². The molecule has 3 heteroatoms. The SMILES string of the molecule is C/C(=N/Nc1ccccc1C)c1ccc(Br)cc1. The summed E-state index contributed by atoms with van der Waals surface area (Å²) >= 11 is 3.42. The number of halogens is 1. The zero-order chi connectivity index (χ0) is 13.0. The maximum atomic E-state index is 4.41. The fourth-order valence-corrected chi connectivity index (χ4v) is 1.86. The van der Waals surface area contributed by atoms with Crippen LogP contribution in [-0.4, -0.2) is 5.71 Å². The first-order valence-electron chi connectivity index (χ1n) is 5.78. The standard InChI is InChI=1S/C15H15BrN2/c1-11-5-3-4-6-15(11)18-17-12(2)13-7-9-14(16)10-8-13/h3-10,18H,1-2H3/b17-12-. The zero-order valence-electron chi connectivity index (χ0n) is 10.4. The number of hydrazone groups is 1. The number of rotatable bonds is 3. The molecule has 0 aliphatic rings. The molecule has 1 N–H and O–H groups in total. The van der Waals surface area contributed by atoms with E-state index >= 15 is 0 Å². The van der Waals surface area contributed by atoms with Crippen LogP contribution in [0.25, 0.3) is 0 Å². The number of para-hydroxylation sites is 1. The van der Waals surface area contributed by atoms with Crippen LogP contribution in [0.4, 0.5) is 5.69 Å². The Balaban J connectivity index is 2.14. The van der Waals surface area contributed by atoms with Crippen LogP contribution in [0.3, 0.4) is 0 Å². The first-order valence-corrected chi connectivity index (χ1v) is 6.58. The molecule has 0 aromatic heterocycles. The lowest BCUT2D eigenvalue weighted by atomic mass is 10.1. The summed E-state index contributed by atoms with van der Waals surface area (Å²) in [5, 5.41) is 4.41. The van der Waals surface area contributed by atoms with E-state index in [9.17, 15) is 0 Å². The fraction of sp³-hybridized carbons (Fsp3) is 0.133. The minimum absolute atomic E-state index is 0.964. The van der Waals surface area contributed by atoms with Gasteiger partial charge in [0.1, 0.15) is 0 Å². The first-order chi connectivity index (χ1) is 8.66. The molecule has 2 nitrogen and oxygen atoms in total. The molecule has 18 heavy (non-hydrogen) atoms. The van der Waals surface area contributed by atoms with Crippen LogP contribution in [0, 0.1) is 6.92 Å². The van der Waals surface area contributed by atoms with Gasteiger partial charge in [0.25, 0.3) is 0 Å². The summed E-state index contributed by atoms with van der Waals surface area (Å²) in [6, 6.07) is 16.2. The van der Waals surface area contributed by atoms with Gasteiger partial charge in [-0.05, 0) is 43.2 Å². The van der Waals surface area contributed by atoms with Crippen molar-refractivity contribution in [3.63, 3.8) is 0 Å². The molecular formula is C15H15BrN2. The number of anilines is 1. The number of hydrogen-bond acceptors (Lipinski definition) is 2. The van der Waals surface area contributed by atoms with Gasteiger partial charge < -0.3 is 0 Å². The zero-order valence-corrected chi connectivity index (χ0v) is 12.0. The fourth-order valence-electron chi connectivity index (χ4n) is 1.60. The predicted molar refractivity (Wildman–Crippen MR) is 81.2 cm³/mol. The number of aryl methyl sites for hydroxylation is 1. The quantitative estimate of drug-likeness (QED) is 0.650. The maximum absolute atomic E-state index is 4.41. The Labute approximate surface area is 116 Å². The molecule has 0 aliphatic carbocycles. The van der Waals surface area contributed by atoms with Crippen LogP contribution in [0.15, 0.2) is 58.1 Å². The molecule has 0 fully saturated rings. The lowest BCUT2D eigenvalue weighted by Gasteiger charge is -2.06. The van der Waals surface area contributed by atoms with Gasteiger partial charge in [-0.1, -0.05) is 46.3 Å². The van der Waals surface area contributed by atoms with E-state index in [4.69, 9.17) is 0 Å². The molecule has 0 bridgehead atoms. The molecule has 0 spiro atoms. The molecule has 2 rings (SSSR count). The van der Waals surface area contributed by atoms with E-state index in [1.165, 1.54) is 5.56 Å². The Morgan fingerprint density at radius 1 is 1.06 bits per heavy atom. The van der Waals surface area contributed by atoms with E-state index in [0.29, 0.717) is 0 Å². The van der Waals surface area contributed by atoms with Gasteiger partial charge in [-0.3, -0.25) is 5.43 Å². The highest BCUT2D eigenvalue weighted by molar-refractivity contribution is 9.10. The predicted octanol–water partition coefficient (Wildman–Crippen LogP) is 4.59. The molecule has 0 unspecified atom stereocenters. The third-order valence-corrected chi connectivity index (χ3v) is 3.28. The van der Waals surface area contributed by atoms with Crippen molar-refractivity contribution in [3.8, 4) is 0 Å². The minimum Gasteiger partial charge on any atom is -0.278 e. The summed E-state index contributed by atoms with van der Waals surface area (Å²) in [5.74, 6) is 0. The van der Waals surface area contributed by atoms with E-state index < -0.39 is 0 Å². The summed E-state index contributed by atoms with van der Waals surface area (Å²) in [7, 11) is 0. The third kappa shape index (κ3) is 3.20. The topological polar surface area (TPSA) is 24.4 Å². The highest BCUT2D eigenvalue weighted by Crippen LogP contribution is 2.14. The van der Waals surface area contributed by atoms with Crippen LogP contribution < -0.4 is 5.43 Å². The van der Waals surface area contributed by atoms with Crippen molar-refractivity contribution in [1.82, 2.24) is 0 Å². The van der Waals surface area contributed by atoms with Crippen molar-refractivity contribution in [2.45, 2.75) is 13.8 Å². The lowest BCUT2D eigenvalue weighted by Crippen LogP contribution is -2.00. The summed E-state index contributed by atoms with van der Waals surface area (Å²) < 4.78 is 1.07. The average molecular weight is 303 g/mol. The Bertz CT molecular complexity index is 559. The molecule has 0 radical (unpaired) electrons. The van der Waals surface area contributed by atoms with E-state index in [1.54, 1.807) is 0 Å². The molecular weight excluding hydrogens is 288 g/mol. The highest BCUT2D eigenvalue weighted by Gasteiger charge is 1.98. The van der Waals surface area contributed by atoms with Crippen LogP contribution in [0.2, 0.25) is 0 Å². The molecule has 0 heterocycles. The van der Waals surface area contributed by atoms with Crippen molar-refractivity contribution >= 4 is 27.3 Å². The Hall–Kier alpha value is -1.61. The molecule has 92 valence electrons. The summed E-state index contributed by atoms with van der Waals surface area (Å²) in [5.41, 5.74) is 7.40. The largest absolute Gasteiger partial charge is 0.278 e. The van der Waals surface area contributed by atoms with Gasteiger partial charge in [0, 0.05) is 4.47 Å². The lowest BCUT2D eigenvalue weighted by molar-refractivity contribution is 1.29. The van der Waals surface area contributed by atoms with Crippen LogP contribution in [0.5, 0.6) is 0 Å². The molecule has 0 amide bonds. The van der Waals surface area contributed by atoms with Gasteiger partial charge in [0.15, 0.2) is 0 Å². The van der Waals surface area contributed by atoms with E-state index in [0.717, 1.165) is 21.4 Å². The first kappa shape index (κ1) is 12.8. The number of nitrogens with one attached hydrogen (secondary N) is 1. The second-order valence-electron chi connectivity index (χ2n) is 4.13. The normalized spacial score (nSPS) is 11.4. The average Bonchev–Trinajstić information content (AvgIpc) is 2.38. The Morgan fingerprint density at radius 2 is 1.72 bits per heavy atom. The maximum Gasteiger partial charge on any atom is 0.0648 e. The van der Waals surface area contributed by atoms with Crippen molar-refractivity contribution in [1.29, 1.82) is 0 Å². The minimum atomic E-state index is 0.964. The number of hydrogen-bond donors (Lipinski definition) is 1. The van der Waals surface area contributed by atoms with E-state index in [2.05, 4.69) is 39.4 Å².